The van der Waals surface area contributed by atoms with Gasteiger partial charge in [0.05, 0.1) is 0 Å². The van der Waals surface area contributed by atoms with Crippen LogP contribution in [0.5, 0.6) is 0 Å². The monoisotopic (exact) mass is 279 g/mol. The molecule has 1 aliphatic carbocycles. The summed E-state index contributed by atoms with van der Waals surface area (Å²) in [4.78, 5) is 8.21. The Labute approximate surface area is 117 Å². The van der Waals surface area contributed by atoms with E-state index in [4.69, 9.17) is 11.6 Å². The molecule has 0 aliphatic heterocycles. The van der Waals surface area contributed by atoms with Crippen LogP contribution in [0.1, 0.15) is 39.0 Å². The van der Waals surface area contributed by atoms with Crippen molar-refractivity contribution in [3.8, 4) is 0 Å². The second-order valence-corrected chi connectivity index (χ2v) is 5.78. The summed E-state index contributed by atoms with van der Waals surface area (Å²) in [6.45, 7) is 2.33. The van der Waals surface area contributed by atoms with Crippen LogP contribution in [0.2, 0.25) is 5.15 Å². The number of hydrogen-bond donors (Lipinski definition) is 1. The van der Waals surface area contributed by atoms with Crippen LogP contribution in [0.15, 0.2) is 12.4 Å². The number of anilines is 1. The highest BCUT2D eigenvalue weighted by molar-refractivity contribution is 6.29. The van der Waals surface area contributed by atoms with E-state index < -0.39 is 0 Å². The Hall–Kier alpha value is -1.36. The maximum atomic E-state index is 6.02. The number of aromatic nitrogens is 4. The molecule has 0 bridgehead atoms. The molecule has 0 spiro atoms. The van der Waals surface area contributed by atoms with Gasteiger partial charge < -0.3 is 5.32 Å². The maximum absolute atomic E-state index is 6.02. The van der Waals surface area contributed by atoms with Crippen molar-refractivity contribution in [3.63, 3.8) is 0 Å². The van der Waals surface area contributed by atoms with Crippen molar-refractivity contribution in [2.75, 3.05) is 5.32 Å². The molecular formula is C13H18ClN5. The SMILES string of the molecule is CC1CCCC(Nc2cc(Cl)nc3ncnn23)CC1. The van der Waals surface area contributed by atoms with Gasteiger partial charge in [-0.1, -0.05) is 31.4 Å². The molecule has 2 heterocycles. The molecule has 2 aromatic rings. The second kappa shape index (κ2) is 5.33. The van der Waals surface area contributed by atoms with Gasteiger partial charge in [0.2, 0.25) is 0 Å². The van der Waals surface area contributed by atoms with Crippen LogP contribution in [-0.2, 0) is 0 Å². The zero-order valence-electron chi connectivity index (χ0n) is 11.0. The molecule has 2 unspecified atom stereocenters. The summed E-state index contributed by atoms with van der Waals surface area (Å²) >= 11 is 6.02. The van der Waals surface area contributed by atoms with Gasteiger partial charge in [0.25, 0.3) is 5.78 Å². The first-order valence-corrected chi connectivity index (χ1v) is 7.23. The fraction of sp³-hybridized carbons (Fsp3) is 0.615. The Bertz CT molecular complexity index is 567. The summed E-state index contributed by atoms with van der Waals surface area (Å²) in [7, 11) is 0. The standard InChI is InChI=1S/C13H18ClN5/c1-9-3-2-4-10(6-5-9)17-12-7-11(14)18-13-15-8-16-19(12)13/h7-10,17H,2-6H2,1H3. The average Bonchev–Trinajstić information content (AvgIpc) is 2.74. The van der Waals surface area contributed by atoms with E-state index in [0.717, 1.165) is 11.7 Å². The first kappa shape index (κ1) is 12.7. The third-order valence-corrected chi connectivity index (χ3v) is 4.02. The molecule has 19 heavy (non-hydrogen) atoms. The van der Waals surface area contributed by atoms with Gasteiger partial charge in [-0.15, -0.1) is 0 Å². The van der Waals surface area contributed by atoms with Gasteiger partial charge in [-0.2, -0.15) is 19.6 Å². The lowest BCUT2D eigenvalue weighted by atomic mass is 10.0. The van der Waals surface area contributed by atoms with Gasteiger partial charge in [0, 0.05) is 12.1 Å². The molecule has 102 valence electrons. The number of halogens is 1. The van der Waals surface area contributed by atoms with Crippen molar-refractivity contribution < 1.29 is 0 Å². The van der Waals surface area contributed by atoms with Crippen molar-refractivity contribution >= 4 is 23.2 Å². The third-order valence-electron chi connectivity index (χ3n) is 3.83. The van der Waals surface area contributed by atoms with E-state index in [1.54, 1.807) is 4.52 Å². The van der Waals surface area contributed by atoms with E-state index in [0.29, 0.717) is 17.0 Å². The molecule has 0 amide bonds. The smallest absolute Gasteiger partial charge is 0.255 e. The summed E-state index contributed by atoms with van der Waals surface area (Å²) < 4.78 is 1.71. The van der Waals surface area contributed by atoms with Crippen LogP contribution in [0.3, 0.4) is 0 Å². The van der Waals surface area contributed by atoms with Crippen molar-refractivity contribution in [2.24, 2.45) is 5.92 Å². The zero-order chi connectivity index (χ0) is 13.2. The Morgan fingerprint density at radius 1 is 1.32 bits per heavy atom. The lowest BCUT2D eigenvalue weighted by molar-refractivity contribution is 0.501. The molecule has 2 aromatic heterocycles. The van der Waals surface area contributed by atoms with Crippen molar-refractivity contribution in [2.45, 2.75) is 45.1 Å². The Morgan fingerprint density at radius 3 is 3.11 bits per heavy atom. The summed E-state index contributed by atoms with van der Waals surface area (Å²) in [5, 5.41) is 8.18. The Morgan fingerprint density at radius 2 is 2.21 bits per heavy atom. The molecule has 5 nitrogen and oxygen atoms in total. The van der Waals surface area contributed by atoms with Crippen molar-refractivity contribution in [3.05, 3.63) is 17.5 Å². The normalized spacial score (nSPS) is 24.3. The molecule has 1 fully saturated rings. The molecule has 6 heteroatoms. The minimum Gasteiger partial charge on any atom is -0.367 e. The first-order valence-electron chi connectivity index (χ1n) is 6.85. The summed E-state index contributed by atoms with van der Waals surface area (Å²) in [6.07, 6.45) is 7.76. The molecule has 1 aliphatic rings. The van der Waals surface area contributed by atoms with Gasteiger partial charge in [-0.3, -0.25) is 0 Å². The van der Waals surface area contributed by atoms with Crippen LogP contribution in [0.4, 0.5) is 5.82 Å². The fourth-order valence-corrected chi connectivity index (χ4v) is 2.91. The predicted molar refractivity (Wildman–Crippen MR) is 75.5 cm³/mol. The molecule has 0 aromatic carbocycles. The number of hydrogen-bond acceptors (Lipinski definition) is 4. The van der Waals surface area contributed by atoms with E-state index in [1.165, 1.54) is 38.4 Å². The molecule has 0 radical (unpaired) electrons. The van der Waals surface area contributed by atoms with Gasteiger partial charge in [-0.25, -0.2) is 0 Å². The van der Waals surface area contributed by atoms with E-state index in [1.807, 2.05) is 6.07 Å². The molecule has 3 rings (SSSR count). The number of fused-ring (bicyclic) bond motifs is 1. The first-order chi connectivity index (χ1) is 9.22. The van der Waals surface area contributed by atoms with Gasteiger partial charge in [-0.05, 0) is 25.2 Å². The minimum absolute atomic E-state index is 0.449. The molecule has 1 N–H and O–H groups in total. The molecule has 1 saturated carbocycles. The number of rotatable bonds is 2. The molecular weight excluding hydrogens is 262 g/mol. The van der Waals surface area contributed by atoms with Crippen LogP contribution < -0.4 is 5.32 Å². The number of nitrogens with one attached hydrogen (secondary N) is 1. The lowest BCUT2D eigenvalue weighted by Gasteiger charge is -2.18. The highest BCUT2D eigenvalue weighted by atomic mass is 35.5. The van der Waals surface area contributed by atoms with Gasteiger partial charge in [0.15, 0.2) is 0 Å². The van der Waals surface area contributed by atoms with E-state index >= 15 is 0 Å². The van der Waals surface area contributed by atoms with Crippen molar-refractivity contribution in [1.29, 1.82) is 0 Å². The van der Waals surface area contributed by atoms with E-state index in [-0.39, 0.29) is 0 Å². The molecule has 2 atom stereocenters. The largest absolute Gasteiger partial charge is 0.367 e. The second-order valence-electron chi connectivity index (χ2n) is 5.39. The number of nitrogens with zero attached hydrogens (tertiary/aromatic N) is 4. The quantitative estimate of drug-likeness (QED) is 0.678. The van der Waals surface area contributed by atoms with Crippen LogP contribution in [-0.4, -0.2) is 25.6 Å². The van der Waals surface area contributed by atoms with Crippen LogP contribution in [0, 0.1) is 5.92 Å². The highest BCUT2D eigenvalue weighted by Gasteiger charge is 2.17. The summed E-state index contributed by atoms with van der Waals surface area (Å²) in [6, 6.07) is 2.30. The van der Waals surface area contributed by atoms with E-state index in [2.05, 4.69) is 27.3 Å². The van der Waals surface area contributed by atoms with Crippen LogP contribution >= 0.6 is 11.6 Å². The fourth-order valence-electron chi connectivity index (χ4n) is 2.73. The zero-order valence-corrected chi connectivity index (χ0v) is 11.8. The van der Waals surface area contributed by atoms with Gasteiger partial charge in [0.1, 0.15) is 17.3 Å². The predicted octanol–water partition coefficient (Wildman–Crippen LogP) is 3.16. The minimum atomic E-state index is 0.449. The third kappa shape index (κ3) is 2.81. The summed E-state index contributed by atoms with van der Waals surface area (Å²) in [5.41, 5.74) is 0. The summed E-state index contributed by atoms with van der Waals surface area (Å²) in [5.74, 6) is 2.25. The average molecular weight is 280 g/mol. The maximum Gasteiger partial charge on any atom is 0.255 e. The highest BCUT2D eigenvalue weighted by Crippen LogP contribution is 2.25. The van der Waals surface area contributed by atoms with Crippen molar-refractivity contribution in [1.82, 2.24) is 19.6 Å². The van der Waals surface area contributed by atoms with Gasteiger partial charge >= 0.3 is 0 Å². The Balaban J connectivity index is 1.82. The van der Waals surface area contributed by atoms with Crippen LogP contribution in [0.25, 0.3) is 5.78 Å². The Kier molecular flexibility index (Phi) is 3.55. The lowest BCUT2D eigenvalue weighted by Crippen LogP contribution is -2.20. The topological polar surface area (TPSA) is 55.1 Å². The van der Waals surface area contributed by atoms with E-state index in [9.17, 15) is 0 Å². The molecule has 0 saturated heterocycles.